The monoisotopic (exact) mass is 801 g/mol. The van der Waals surface area contributed by atoms with E-state index in [-0.39, 0.29) is 70.9 Å². The number of methoxy groups -OCH3 is 1. The van der Waals surface area contributed by atoms with E-state index >= 15 is 4.39 Å². The predicted octanol–water partition coefficient (Wildman–Crippen LogP) is 8.38. The summed E-state index contributed by atoms with van der Waals surface area (Å²) in [5.41, 5.74) is -2.56. The molecule has 56 heavy (non-hydrogen) atoms. The molecule has 2 aromatic carbocycles. The van der Waals surface area contributed by atoms with Gasteiger partial charge < -0.3 is 33.8 Å². The van der Waals surface area contributed by atoms with Gasteiger partial charge in [-0.3, -0.25) is 0 Å². The molecule has 6 rings (SSSR count). The number of likely N-dealkylation sites (tertiary alicyclic amines) is 1. The number of piperazine rings is 1. The summed E-state index contributed by atoms with van der Waals surface area (Å²) in [5, 5.41) is -0.120. The van der Waals surface area contributed by atoms with E-state index in [0.29, 0.717) is 18.8 Å². The molecule has 0 saturated carbocycles. The first kappa shape index (κ1) is 41.0. The van der Waals surface area contributed by atoms with Gasteiger partial charge >= 0.3 is 18.3 Å². The average Bonchev–Trinajstić information content (AvgIpc) is 3.53. The first-order valence-electron chi connectivity index (χ1n) is 18.5. The van der Waals surface area contributed by atoms with Gasteiger partial charge in [-0.2, -0.15) is 23.1 Å². The third-order valence-electron chi connectivity index (χ3n) is 10.2. The fourth-order valence-corrected chi connectivity index (χ4v) is 7.54. The van der Waals surface area contributed by atoms with Crippen molar-refractivity contribution >= 4 is 40.2 Å². The Hall–Kier alpha value is -4.63. The highest BCUT2D eigenvalue weighted by Gasteiger charge is 2.39. The topological polar surface area (TPSA) is 96.4 Å². The van der Waals surface area contributed by atoms with Gasteiger partial charge in [0.1, 0.15) is 35.1 Å². The van der Waals surface area contributed by atoms with Crippen LogP contribution in [0.4, 0.5) is 34.0 Å². The normalized spacial score (nSPS) is 18.1. The van der Waals surface area contributed by atoms with Gasteiger partial charge in [-0.25, -0.2) is 14.2 Å². The molecular weight excluding hydrogens is 754 g/mol. The number of rotatable bonds is 9. The fraction of sp³-hybridized carbons (Fsp3) is 0.500. The van der Waals surface area contributed by atoms with Crippen LogP contribution in [0.25, 0.3) is 22.2 Å². The maximum absolute atomic E-state index is 17.3. The molecule has 1 unspecified atom stereocenters. The molecule has 2 fully saturated rings. The number of hydrogen-bond donors (Lipinski definition) is 0. The lowest BCUT2D eigenvalue weighted by Gasteiger charge is -2.41. The van der Waals surface area contributed by atoms with Crippen molar-refractivity contribution in [1.29, 1.82) is 0 Å². The van der Waals surface area contributed by atoms with Gasteiger partial charge in [0.2, 0.25) is 0 Å². The van der Waals surface area contributed by atoms with Crippen molar-refractivity contribution in [3.63, 3.8) is 0 Å². The molecule has 4 heterocycles. The summed E-state index contributed by atoms with van der Waals surface area (Å²) in [6.07, 6.45) is -3.47. The van der Waals surface area contributed by atoms with Crippen LogP contribution < -0.4 is 19.3 Å². The molecule has 0 spiro atoms. The summed E-state index contributed by atoms with van der Waals surface area (Å²) in [6.45, 7) is 10.8. The summed E-state index contributed by atoms with van der Waals surface area (Å²) in [6, 6.07) is 9.58. The zero-order chi connectivity index (χ0) is 40.7. The van der Waals surface area contributed by atoms with E-state index in [2.05, 4.69) is 14.9 Å². The molecule has 11 nitrogen and oxygen atoms in total. The first-order chi connectivity index (χ1) is 26.3. The number of nitrogens with zero attached hydrogens (tertiary/aromatic N) is 7. The number of aromatic nitrogens is 3. The van der Waals surface area contributed by atoms with Crippen LogP contribution in [-0.2, 0) is 17.5 Å². The van der Waals surface area contributed by atoms with Crippen LogP contribution in [0.2, 0.25) is 5.02 Å². The second kappa shape index (κ2) is 16.1. The zero-order valence-electron chi connectivity index (χ0n) is 32.9. The number of alkyl halides is 3. The van der Waals surface area contributed by atoms with Gasteiger partial charge in [-0.15, -0.1) is 0 Å². The van der Waals surface area contributed by atoms with Crippen LogP contribution >= 0.6 is 11.6 Å². The van der Waals surface area contributed by atoms with Crippen LogP contribution in [0, 0.1) is 12.7 Å². The third kappa shape index (κ3) is 8.83. The quantitative estimate of drug-likeness (QED) is 0.154. The van der Waals surface area contributed by atoms with Crippen molar-refractivity contribution in [2.45, 2.75) is 77.9 Å². The van der Waals surface area contributed by atoms with E-state index in [0.717, 1.165) is 24.9 Å². The number of benzene rings is 2. The van der Waals surface area contributed by atoms with E-state index in [1.54, 1.807) is 56.9 Å². The van der Waals surface area contributed by atoms with Gasteiger partial charge in [0, 0.05) is 50.7 Å². The van der Waals surface area contributed by atoms with Gasteiger partial charge in [-0.05, 0) is 96.4 Å². The Morgan fingerprint density at radius 1 is 1.05 bits per heavy atom. The van der Waals surface area contributed by atoms with Crippen molar-refractivity contribution in [3.8, 4) is 23.0 Å². The number of likely N-dealkylation sites (N-methyl/N-ethyl adjacent to an activating group) is 1. The van der Waals surface area contributed by atoms with Gasteiger partial charge in [0.25, 0.3) is 0 Å². The molecule has 16 heteroatoms. The van der Waals surface area contributed by atoms with Crippen molar-refractivity contribution in [3.05, 3.63) is 63.9 Å². The molecule has 2 aliphatic rings. The lowest BCUT2D eigenvalue weighted by molar-refractivity contribution is -0.137. The minimum absolute atomic E-state index is 0.0823. The molecule has 0 N–H and O–H groups in total. The number of halogens is 5. The number of carbonyl (C=O) groups excluding carboxylic acids is 1. The maximum atomic E-state index is 17.3. The Bertz CT molecular complexity index is 2080. The minimum Gasteiger partial charge on any atom is -0.497 e. The smallest absolute Gasteiger partial charge is 0.418 e. The van der Waals surface area contributed by atoms with E-state index in [1.165, 1.54) is 19.1 Å². The van der Waals surface area contributed by atoms with Gasteiger partial charge in [-0.1, -0.05) is 23.7 Å². The predicted molar refractivity (Wildman–Crippen MR) is 208 cm³/mol. The molecule has 0 bridgehead atoms. The minimum atomic E-state index is -4.90. The Morgan fingerprint density at radius 3 is 2.38 bits per heavy atom. The molecular formula is C40H48ClF4N7O4. The van der Waals surface area contributed by atoms with Crippen LogP contribution in [0.3, 0.4) is 0 Å². The lowest BCUT2D eigenvalue weighted by atomic mass is 9.98. The average molecular weight is 802 g/mol. The lowest BCUT2D eigenvalue weighted by Crippen LogP contribution is -2.55. The molecule has 2 atom stereocenters. The number of hydrogen-bond acceptors (Lipinski definition) is 10. The second-order valence-corrected chi connectivity index (χ2v) is 16.0. The first-order valence-corrected chi connectivity index (χ1v) is 18.9. The molecule has 0 aliphatic carbocycles. The third-order valence-corrected chi connectivity index (χ3v) is 10.5. The largest absolute Gasteiger partial charge is 0.497 e. The number of pyridine rings is 1. The highest BCUT2D eigenvalue weighted by molar-refractivity contribution is 6.34. The van der Waals surface area contributed by atoms with Crippen LogP contribution in [0.5, 0.6) is 11.8 Å². The number of fused-ring (bicyclic) bond motifs is 1. The van der Waals surface area contributed by atoms with E-state index in [9.17, 15) is 18.0 Å². The molecule has 2 aliphatic heterocycles. The van der Waals surface area contributed by atoms with Crippen molar-refractivity contribution in [2.24, 2.45) is 0 Å². The highest BCUT2D eigenvalue weighted by Crippen LogP contribution is 2.45. The number of anilines is 2. The molecule has 0 radical (unpaired) electrons. The Kier molecular flexibility index (Phi) is 11.8. The summed E-state index contributed by atoms with van der Waals surface area (Å²) in [5.74, 6) is 0.0298. The summed E-state index contributed by atoms with van der Waals surface area (Å²) >= 11 is 6.83. The zero-order valence-corrected chi connectivity index (χ0v) is 33.7. The van der Waals surface area contributed by atoms with Crippen molar-refractivity contribution < 1.29 is 36.6 Å². The molecule has 1 amide bonds. The molecule has 302 valence electrons. The Labute approximate surface area is 329 Å². The highest BCUT2D eigenvalue weighted by atomic mass is 35.5. The van der Waals surface area contributed by atoms with E-state index in [4.69, 9.17) is 30.8 Å². The number of amides is 1. The standard InChI is InChI=1S/C40H48ClF4N7O4/c1-23-18-30(50(7)21-25-11-13-27(54-8)14-12-25)46-35(32(23)40(43,44)45)31-29(41)19-28-34(33(31)42)47-37(55-22-26-10-9-15-49(26)6)48-36(28)52-17-16-51(20-24(52)2)38(53)56-39(3,4)5/h11-14,18-19,24,26H,9-10,15-17,20-22H2,1-8H3/t24-,26?/m0/s1. The SMILES string of the molecule is COc1ccc(CN(C)c2cc(C)c(C(F)(F)F)c(-c3c(Cl)cc4c(N5CCN(C(=O)OC(C)(C)C)C[C@@H]5C)nc(OCC5CCCN5C)nc4c3F)n2)cc1. The Morgan fingerprint density at radius 2 is 1.77 bits per heavy atom. The van der Waals surface area contributed by atoms with Crippen molar-refractivity contribution in [2.75, 3.05) is 63.8 Å². The number of carbonyl (C=O) groups is 1. The van der Waals surface area contributed by atoms with E-state index < -0.39 is 40.5 Å². The summed E-state index contributed by atoms with van der Waals surface area (Å²) in [7, 11) is 5.24. The summed E-state index contributed by atoms with van der Waals surface area (Å²) < 4.78 is 78.8. The van der Waals surface area contributed by atoms with Crippen LogP contribution in [0.1, 0.15) is 57.2 Å². The molecule has 4 aromatic rings. The maximum Gasteiger partial charge on any atom is 0.418 e. The fourth-order valence-electron chi connectivity index (χ4n) is 7.26. The van der Waals surface area contributed by atoms with Crippen LogP contribution in [0.15, 0.2) is 36.4 Å². The number of ether oxygens (including phenoxy) is 3. The van der Waals surface area contributed by atoms with E-state index in [1.807, 2.05) is 31.0 Å². The number of aryl methyl sites for hydroxylation is 1. The van der Waals surface area contributed by atoms with Gasteiger partial charge in [0.05, 0.1) is 29.0 Å². The molecule has 2 aromatic heterocycles. The van der Waals surface area contributed by atoms with Crippen LogP contribution in [-0.4, -0.2) is 103 Å². The molecule has 2 saturated heterocycles. The Balaban J connectivity index is 1.46. The summed E-state index contributed by atoms with van der Waals surface area (Å²) in [4.78, 5) is 33.9. The second-order valence-electron chi connectivity index (χ2n) is 15.6. The van der Waals surface area contributed by atoms with Crippen molar-refractivity contribution in [1.82, 2.24) is 24.8 Å². The van der Waals surface area contributed by atoms with Gasteiger partial charge in [0.15, 0.2) is 5.82 Å².